The third kappa shape index (κ3) is 26.5. The van der Waals surface area contributed by atoms with Crippen molar-refractivity contribution in [3.8, 4) is 17.2 Å². The SMILES string of the molecule is C.C.C.CCCN(CCc1cccs1)[C@H]1CCc2c(O)cccc2C1.CCCN[C@H]1CCc2c(O)cccc2C1.CCCN[C@H]1CCc2c(cccc2OC)C1.CI.S.S.S.[I][V]([I])[I]. The summed E-state index contributed by atoms with van der Waals surface area (Å²) in [5.74, 6) is 2.02. The first-order valence-corrected chi connectivity index (χ1v) is 37.8. The summed E-state index contributed by atoms with van der Waals surface area (Å²) in [6.45, 7) is 11.2. The van der Waals surface area contributed by atoms with Crippen molar-refractivity contribution in [3.05, 3.63) is 110 Å². The number of nitrogens with zero attached hydrogens (tertiary/aromatic N) is 1. The first-order chi connectivity index (χ1) is 28.7. The fraction of sp³-hybridized carbons (Fsp3) is 0.560. The number of nitrogens with one attached hydrogen (secondary N) is 2. The fourth-order valence-corrected chi connectivity index (χ4v) is 9.05. The molecule has 15 heteroatoms. The molecule has 7 rings (SSSR count). The van der Waals surface area contributed by atoms with Crippen LogP contribution in [0.2, 0.25) is 0 Å². The Kier molecular flexibility index (Phi) is 47.9. The van der Waals surface area contributed by atoms with Gasteiger partial charge < -0.3 is 25.6 Å². The number of phenols is 2. The van der Waals surface area contributed by atoms with E-state index in [1.54, 1.807) is 13.2 Å². The van der Waals surface area contributed by atoms with E-state index in [0.29, 0.717) is 29.6 Å². The summed E-state index contributed by atoms with van der Waals surface area (Å²) in [5.41, 5.74) is 7.86. The number of phenolic OH excluding ortho intramolecular Hbond substituents is 2. The molecule has 0 saturated heterocycles. The molecule has 1 aromatic heterocycles. The van der Waals surface area contributed by atoms with Crippen molar-refractivity contribution in [2.75, 3.05) is 38.2 Å². The van der Waals surface area contributed by atoms with Gasteiger partial charge in [0, 0.05) is 29.5 Å². The van der Waals surface area contributed by atoms with Crippen molar-refractivity contribution in [3.63, 3.8) is 0 Å². The maximum atomic E-state index is 10.0. The summed E-state index contributed by atoms with van der Waals surface area (Å²) < 4.78 is 5.41. The van der Waals surface area contributed by atoms with Crippen LogP contribution in [-0.4, -0.2) is 71.5 Å². The summed E-state index contributed by atoms with van der Waals surface area (Å²) in [4.78, 5) is 5.83. The van der Waals surface area contributed by atoms with Gasteiger partial charge in [-0.25, -0.2) is 0 Å². The Hall–Kier alpha value is 1.19. The van der Waals surface area contributed by atoms with Gasteiger partial charge in [-0.05, 0) is 171 Å². The molecule has 3 atom stereocenters. The molecule has 3 aromatic carbocycles. The predicted octanol–water partition coefficient (Wildman–Crippen LogP) is 15.0. The molecule has 376 valence electrons. The molecule has 4 aromatic rings. The number of hydrogen-bond donors (Lipinski definition) is 4. The molecule has 0 saturated carbocycles. The van der Waals surface area contributed by atoms with Gasteiger partial charge in [-0.3, -0.25) is 4.90 Å². The number of ether oxygens (including phenoxy) is 1. The molecule has 3 aliphatic rings. The third-order valence-corrected chi connectivity index (χ3v) is 12.1. The summed E-state index contributed by atoms with van der Waals surface area (Å²) >= 11 is 11.4. The molecular formula is C50H86I4N3O3S4V. The average Bonchev–Trinajstić information content (AvgIpc) is 3.78. The quantitative estimate of drug-likeness (QED) is 0.0789. The molecule has 3 aliphatic carbocycles. The van der Waals surface area contributed by atoms with Gasteiger partial charge in [0.25, 0.3) is 0 Å². The molecule has 0 spiro atoms. The predicted molar refractivity (Wildman–Crippen MR) is 336 cm³/mol. The zero-order chi connectivity index (χ0) is 43.0. The number of methoxy groups -OCH3 is 1. The van der Waals surface area contributed by atoms with E-state index in [-0.39, 0.29) is 67.7 Å². The minimum atomic E-state index is -0.278. The molecule has 0 radical (unpaired) electrons. The van der Waals surface area contributed by atoms with Crippen LogP contribution in [0.4, 0.5) is 0 Å². The van der Waals surface area contributed by atoms with Crippen LogP contribution >= 0.6 is 134 Å². The van der Waals surface area contributed by atoms with Crippen LogP contribution in [0.25, 0.3) is 0 Å². The zero-order valence-electron chi connectivity index (χ0n) is 37.3. The van der Waals surface area contributed by atoms with Gasteiger partial charge in [0.1, 0.15) is 17.2 Å². The summed E-state index contributed by atoms with van der Waals surface area (Å²) in [7, 11) is 1.76. The van der Waals surface area contributed by atoms with Gasteiger partial charge in [-0.2, -0.15) is 40.5 Å². The Bertz CT molecular complexity index is 1750. The van der Waals surface area contributed by atoms with E-state index in [0.717, 1.165) is 88.7 Å². The number of aromatic hydroxyl groups is 2. The van der Waals surface area contributed by atoms with Crippen molar-refractivity contribution in [1.82, 2.24) is 15.5 Å². The Morgan fingerprint density at radius 2 is 1.11 bits per heavy atom. The molecule has 0 amide bonds. The van der Waals surface area contributed by atoms with Gasteiger partial charge in [-0.1, -0.05) is 108 Å². The van der Waals surface area contributed by atoms with Crippen LogP contribution in [0.15, 0.2) is 72.1 Å². The van der Waals surface area contributed by atoms with Crippen LogP contribution in [-0.2, 0) is 49.9 Å². The summed E-state index contributed by atoms with van der Waals surface area (Å²) in [6.07, 6.45) is 14.7. The van der Waals surface area contributed by atoms with Crippen LogP contribution < -0.4 is 15.4 Å². The first kappa shape index (κ1) is 72.7. The van der Waals surface area contributed by atoms with Crippen molar-refractivity contribution < 1.29 is 19.9 Å². The minimum absolute atomic E-state index is 0. The fourth-order valence-electron chi connectivity index (χ4n) is 8.35. The van der Waals surface area contributed by atoms with Crippen LogP contribution in [0.1, 0.15) is 120 Å². The van der Waals surface area contributed by atoms with Crippen molar-refractivity contribution >= 4 is 134 Å². The second-order valence-corrected chi connectivity index (χ2v) is 51.6. The molecule has 65 heavy (non-hydrogen) atoms. The first-order valence-electron chi connectivity index (χ1n) is 21.3. The second kappa shape index (κ2) is 42.8. The Labute approximate surface area is 474 Å². The Balaban J connectivity index is -0.000000393. The molecule has 0 unspecified atom stereocenters. The van der Waals surface area contributed by atoms with Crippen molar-refractivity contribution in [2.45, 2.75) is 145 Å². The number of thiophene rings is 1. The molecule has 6 nitrogen and oxygen atoms in total. The van der Waals surface area contributed by atoms with E-state index in [1.165, 1.54) is 64.9 Å². The topological polar surface area (TPSA) is 77.0 Å². The summed E-state index contributed by atoms with van der Waals surface area (Å²) in [5, 5.41) is 29.0. The number of benzene rings is 3. The number of halogens is 4. The normalized spacial score (nSPS) is 16.0. The van der Waals surface area contributed by atoms with Crippen LogP contribution in [0, 0.1) is 0 Å². The molecule has 4 N–H and O–H groups in total. The molecule has 1 heterocycles. The van der Waals surface area contributed by atoms with Gasteiger partial charge in [0.15, 0.2) is 0 Å². The van der Waals surface area contributed by atoms with E-state index in [9.17, 15) is 10.2 Å². The third-order valence-electron chi connectivity index (χ3n) is 11.2. The molecule has 0 bridgehead atoms. The molecule has 0 aliphatic heterocycles. The van der Waals surface area contributed by atoms with E-state index in [4.69, 9.17) is 4.74 Å². The number of hydrogen-bond acceptors (Lipinski definition) is 7. The zero-order valence-corrected chi connectivity index (χ0v) is 51.1. The number of alkyl halides is 1. The summed E-state index contributed by atoms with van der Waals surface area (Å²) in [6, 6.07) is 24.5. The van der Waals surface area contributed by atoms with E-state index < -0.39 is 0 Å². The Morgan fingerprint density at radius 1 is 0.646 bits per heavy atom. The van der Waals surface area contributed by atoms with E-state index >= 15 is 0 Å². The van der Waals surface area contributed by atoms with Crippen LogP contribution in [0.3, 0.4) is 0 Å². The monoisotopic (exact) mass is 1460 g/mol. The van der Waals surface area contributed by atoms with Gasteiger partial charge >= 0.3 is 64.9 Å². The second-order valence-electron chi connectivity index (χ2n) is 15.2. The van der Waals surface area contributed by atoms with Crippen LogP contribution in [0.5, 0.6) is 17.2 Å². The molecule has 0 fully saturated rings. The van der Waals surface area contributed by atoms with Gasteiger partial charge in [0.2, 0.25) is 0 Å². The molecular weight excluding hydrogens is 1380 g/mol. The van der Waals surface area contributed by atoms with Gasteiger partial charge in [0.05, 0.1) is 7.11 Å². The van der Waals surface area contributed by atoms with E-state index in [1.807, 2.05) is 34.5 Å². The van der Waals surface area contributed by atoms with E-state index in [2.05, 4.69) is 167 Å². The maximum absolute atomic E-state index is 10.0. The average molecular weight is 1460 g/mol. The number of rotatable bonds is 13. The van der Waals surface area contributed by atoms with Gasteiger partial charge in [-0.15, -0.1) is 11.3 Å². The standard InChI is InChI=1S/C19H25NOS.C14H21NO.C13H19NO.CH3I.3CH4.3HI.3H2S.V/c1-2-11-20(12-10-17-6-4-13-22-17)16-8-9-18-15(14-16)5-3-7-19(18)21;1-3-9-15-12-7-8-13-11(10-12)5-4-6-14(13)16-2;1-2-8-14-11-6-7-12-10(9-11)4-3-5-13(12)15;1-2;;;;;;;;;;/h3-7,13,16,21H,2,8-12,14H2,1H3;4-6,12,15H,3,7-10H2,1-2H3;3-5,11,14-15H,2,6-9H2,1H3;1H3;3*1H4;3*1H;3*1H2;/q;;;;;;;;;;;;;+3/p-3/t16-;12-;11-;;;;;;;;;;;/m000.........../s1. The van der Waals surface area contributed by atoms with Crippen molar-refractivity contribution in [2.24, 2.45) is 0 Å². The number of fused-ring (bicyclic) bond motifs is 3. The Morgan fingerprint density at radius 3 is 1.57 bits per heavy atom. The van der Waals surface area contributed by atoms with Crippen molar-refractivity contribution in [1.29, 1.82) is 0 Å².